The van der Waals surface area contributed by atoms with E-state index < -0.39 is 11.6 Å². The van der Waals surface area contributed by atoms with Gasteiger partial charge >= 0.3 is 0 Å². The van der Waals surface area contributed by atoms with Crippen molar-refractivity contribution in [3.8, 4) is 0 Å². The van der Waals surface area contributed by atoms with E-state index in [1.165, 1.54) is 11.9 Å². The molecule has 22 heavy (non-hydrogen) atoms. The number of ketones is 2. The van der Waals surface area contributed by atoms with Crippen LogP contribution in [0.25, 0.3) is 0 Å². The number of H-pyrrole nitrogens is 2. The lowest BCUT2D eigenvalue weighted by Crippen LogP contribution is -2.17. The van der Waals surface area contributed by atoms with E-state index >= 15 is 0 Å². The number of Topliss-reactive ketones (excluding diaryl/α,β-unsaturated/α-hetero) is 2. The van der Waals surface area contributed by atoms with Gasteiger partial charge in [-0.3, -0.25) is 14.7 Å². The maximum atomic E-state index is 11.9. The van der Waals surface area contributed by atoms with Crippen molar-refractivity contribution in [3.63, 3.8) is 0 Å². The summed E-state index contributed by atoms with van der Waals surface area (Å²) < 4.78 is 0. The first-order valence-corrected chi connectivity index (χ1v) is 6.85. The minimum atomic E-state index is -0.650. The Bertz CT molecular complexity index is 776. The summed E-state index contributed by atoms with van der Waals surface area (Å²) in [6.07, 6.45) is 3.76. The molecule has 0 aliphatic rings. The van der Waals surface area contributed by atoms with Crippen LogP contribution in [0.3, 0.4) is 0 Å². The van der Waals surface area contributed by atoms with E-state index in [-0.39, 0.29) is 12.2 Å². The summed E-state index contributed by atoms with van der Waals surface area (Å²) in [5, 5.41) is 5.97. The van der Waals surface area contributed by atoms with Gasteiger partial charge in [-0.1, -0.05) is 30.3 Å². The molecule has 6 heteroatoms. The predicted molar refractivity (Wildman–Crippen MR) is 79.5 cm³/mol. The molecule has 0 spiro atoms. The zero-order valence-electron chi connectivity index (χ0n) is 11.7. The van der Waals surface area contributed by atoms with Crippen molar-refractivity contribution in [2.45, 2.75) is 12.8 Å². The molecule has 0 aliphatic carbocycles. The molecule has 3 aromatic rings. The summed E-state index contributed by atoms with van der Waals surface area (Å²) in [6, 6.07) is 11.9. The summed E-state index contributed by atoms with van der Waals surface area (Å²) in [6.45, 7) is 0. The van der Waals surface area contributed by atoms with E-state index in [9.17, 15) is 9.59 Å². The van der Waals surface area contributed by atoms with Crippen LogP contribution in [0, 0.1) is 0 Å². The first kappa shape index (κ1) is 13.9. The Morgan fingerprint density at radius 2 is 1.91 bits per heavy atom. The van der Waals surface area contributed by atoms with Crippen LogP contribution in [-0.4, -0.2) is 31.7 Å². The van der Waals surface area contributed by atoms with Gasteiger partial charge in [-0.2, -0.15) is 5.10 Å². The Morgan fingerprint density at radius 1 is 1.09 bits per heavy atom. The molecule has 1 aromatic carbocycles. The van der Waals surface area contributed by atoms with Gasteiger partial charge in [0.15, 0.2) is 5.82 Å². The lowest BCUT2D eigenvalue weighted by Gasteiger charge is -1.97. The molecule has 0 fully saturated rings. The lowest BCUT2D eigenvalue weighted by molar-refractivity contribution is -0.114. The number of hydrogen-bond donors (Lipinski definition) is 2. The maximum Gasteiger partial charge on any atom is 0.265 e. The molecule has 3 rings (SSSR count). The van der Waals surface area contributed by atoms with Gasteiger partial charge in [-0.05, 0) is 17.2 Å². The highest BCUT2D eigenvalue weighted by molar-refractivity contribution is 6.43. The van der Waals surface area contributed by atoms with Gasteiger partial charge in [0.2, 0.25) is 5.78 Å². The van der Waals surface area contributed by atoms with Crippen LogP contribution in [0.15, 0.2) is 48.9 Å². The Labute approximate surface area is 126 Å². The van der Waals surface area contributed by atoms with Crippen molar-refractivity contribution in [2.24, 2.45) is 0 Å². The highest BCUT2D eigenvalue weighted by Gasteiger charge is 2.19. The van der Waals surface area contributed by atoms with Crippen LogP contribution in [0.4, 0.5) is 0 Å². The number of rotatable bonds is 6. The van der Waals surface area contributed by atoms with Crippen LogP contribution in [0.1, 0.15) is 27.4 Å². The third-order valence-electron chi connectivity index (χ3n) is 3.29. The summed E-state index contributed by atoms with van der Waals surface area (Å²) in [5.41, 5.74) is 2.96. The topological polar surface area (TPSA) is 91.5 Å². The summed E-state index contributed by atoms with van der Waals surface area (Å²) in [4.78, 5) is 30.6. The van der Waals surface area contributed by atoms with Crippen LogP contribution < -0.4 is 0 Å². The lowest BCUT2D eigenvalue weighted by atomic mass is 10.1. The Kier molecular flexibility index (Phi) is 3.91. The first-order chi connectivity index (χ1) is 10.7. The Balaban J connectivity index is 1.64. The van der Waals surface area contributed by atoms with E-state index in [2.05, 4.69) is 20.2 Å². The molecule has 0 saturated heterocycles. The quantitative estimate of drug-likeness (QED) is 0.535. The van der Waals surface area contributed by atoms with Crippen LogP contribution in [-0.2, 0) is 17.6 Å². The number of aromatic amines is 2. The monoisotopic (exact) mass is 294 g/mol. The third kappa shape index (κ3) is 3.17. The largest absolute Gasteiger partial charge is 0.364 e. The molecule has 110 valence electrons. The Morgan fingerprint density at radius 3 is 2.64 bits per heavy atom. The molecule has 0 unspecified atom stereocenters. The highest BCUT2D eigenvalue weighted by Crippen LogP contribution is 2.11. The second-order valence-corrected chi connectivity index (χ2v) is 4.96. The number of carbonyl (C=O) groups excluding carboxylic acids is 2. The van der Waals surface area contributed by atoms with E-state index in [1.807, 2.05) is 36.4 Å². The Hall–Kier alpha value is -3.02. The van der Waals surface area contributed by atoms with Gasteiger partial charge < -0.3 is 4.98 Å². The molecule has 0 bridgehead atoms. The van der Waals surface area contributed by atoms with E-state index in [0.717, 1.165) is 17.7 Å². The molecule has 0 saturated carbocycles. The van der Waals surface area contributed by atoms with E-state index in [4.69, 9.17) is 0 Å². The number of carbonyl (C=O) groups is 2. The molecule has 0 amide bonds. The molecule has 0 radical (unpaired) electrons. The van der Waals surface area contributed by atoms with Crippen molar-refractivity contribution in [3.05, 3.63) is 71.6 Å². The number of nitrogens with zero attached hydrogens (tertiary/aromatic N) is 2. The number of nitrogens with one attached hydrogen (secondary N) is 2. The molecule has 2 aromatic heterocycles. The minimum Gasteiger partial charge on any atom is -0.364 e. The van der Waals surface area contributed by atoms with Crippen LogP contribution in [0.2, 0.25) is 0 Å². The van der Waals surface area contributed by atoms with Crippen molar-refractivity contribution in [1.29, 1.82) is 0 Å². The molecule has 2 heterocycles. The van der Waals surface area contributed by atoms with Crippen molar-refractivity contribution in [2.75, 3.05) is 0 Å². The zero-order valence-corrected chi connectivity index (χ0v) is 11.7. The van der Waals surface area contributed by atoms with Gasteiger partial charge in [0, 0.05) is 24.7 Å². The van der Waals surface area contributed by atoms with Gasteiger partial charge in [0.1, 0.15) is 6.33 Å². The first-order valence-electron chi connectivity index (χ1n) is 6.85. The van der Waals surface area contributed by atoms with Crippen LogP contribution in [0.5, 0.6) is 0 Å². The normalized spacial score (nSPS) is 10.5. The molecular formula is C16H14N4O2. The maximum absolute atomic E-state index is 11.9. The van der Waals surface area contributed by atoms with Gasteiger partial charge in [-0.25, -0.2) is 4.98 Å². The molecule has 6 nitrogen and oxygen atoms in total. The second-order valence-electron chi connectivity index (χ2n) is 4.96. The fourth-order valence-electron chi connectivity index (χ4n) is 2.23. The van der Waals surface area contributed by atoms with Crippen molar-refractivity contribution in [1.82, 2.24) is 20.2 Å². The minimum absolute atomic E-state index is 0.0231. The molecule has 2 N–H and O–H groups in total. The van der Waals surface area contributed by atoms with Crippen molar-refractivity contribution >= 4 is 11.6 Å². The fourth-order valence-corrected chi connectivity index (χ4v) is 2.23. The zero-order chi connectivity index (χ0) is 15.4. The standard InChI is InChI=1S/C16H14N4O2/c21-14(15(22)16-18-10-19-20-16)8-12-7-13(17-9-12)6-11-4-2-1-3-5-11/h1-5,7,9-10,17H,6,8H2,(H,18,19,20). The molecule has 0 atom stereocenters. The smallest absolute Gasteiger partial charge is 0.265 e. The average Bonchev–Trinajstić information content (AvgIpc) is 3.19. The molecular weight excluding hydrogens is 280 g/mol. The number of benzene rings is 1. The summed E-state index contributed by atoms with van der Waals surface area (Å²) in [5.74, 6) is -1.18. The fraction of sp³-hybridized carbons (Fsp3) is 0.125. The van der Waals surface area contributed by atoms with Gasteiger partial charge in [-0.15, -0.1) is 0 Å². The van der Waals surface area contributed by atoms with Crippen LogP contribution >= 0.6 is 0 Å². The third-order valence-corrected chi connectivity index (χ3v) is 3.29. The molecule has 0 aliphatic heterocycles. The van der Waals surface area contributed by atoms with Gasteiger partial charge in [0.05, 0.1) is 0 Å². The van der Waals surface area contributed by atoms with E-state index in [0.29, 0.717) is 0 Å². The summed E-state index contributed by atoms with van der Waals surface area (Å²) >= 11 is 0. The number of aromatic nitrogens is 4. The second kappa shape index (κ2) is 6.17. The summed E-state index contributed by atoms with van der Waals surface area (Å²) in [7, 11) is 0. The van der Waals surface area contributed by atoms with E-state index in [1.54, 1.807) is 6.20 Å². The highest BCUT2D eigenvalue weighted by atomic mass is 16.2. The van der Waals surface area contributed by atoms with Crippen molar-refractivity contribution < 1.29 is 9.59 Å². The SMILES string of the molecule is O=C(Cc1c[nH]c(Cc2ccccc2)c1)C(=O)c1ncn[nH]1. The van der Waals surface area contributed by atoms with Gasteiger partial charge in [0.25, 0.3) is 5.78 Å². The predicted octanol–water partition coefficient (Wildman–Crippen LogP) is 1.72. The average molecular weight is 294 g/mol. The number of hydrogen-bond acceptors (Lipinski definition) is 4.